The van der Waals surface area contributed by atoms with Gasteiger partial charge >= 0.3 is 0 Å². The standard InChI is InChI=1S/C19H18N4O5S2/c1-28-11-17(24)20-13-3-2-4-14(10-13)21-18(25)12-5-6-15-16(9-12)29-19-22-30(26,27)8-7-23(15)19/h2-6,9-10H,7-8,11H2,1H3,(H,20,24)(H,21,25). The number of sulfonamides is 1. The summed E-state index contributed by atoms with van der Waals surface area (Å²) in [5.41, 5.74) is 2.33. The van der Waals surface area contributed by atoms with Gasteiger partial charge in [-0.2, -0.15) is 0 Å². The zero-order valence-electron chi connectivity index (χ0n) is 15.9. The number of carbonyl (C=O) groups excluding carboxylic acids is 2. The number of methoxy groups -OCH3 is 1. The van der Waals surface area contributed by atoms with Gasteiger partial charge in [-0.25, -0.2) is 8.42 Å². The largest absolute Gasteiger partial charge is 0.375 e. The summed E-state index contributed by atoms with van der Waals surface area (Å²) < 4.78 is 32.1. The van der Waals surface area contributed by atoms with Crippen LogP contribution >= 0.6 is 11.8 Å². The maximum Gasteiger partial charge on any atom is 0.257 e. The minimum Gasteiger partial charge on any atom is -0.375 e. The number of benzene rings is 2. The lowest BCUT2D eigenvalue weighted by molar-refractivity contribution is -0.119. The highest BCUT2D eigenvalue weighted by atomic mass is 32.2. The molecule has 2 aliphatic rings. The Bertz CT molecular complexity index is 1160. The zero-order chi connectivity index (χ0) is 21.3. The summed E-state index contributed by atoms with van der Waals surface area (Å²) in [5, 5.41) is 5.89. The highest BCUT2D eigenvalue weighted by Gasteiger charge is 2.33. The molecule has 0 atom stereocenters. The number of hydrogen-bond donors (Lipinski definition) is 2. The molecule has 2 aliphatic heterocycles. The summed E-state index contributed by atoms with van der Waals surface area (Å²) in [4.78, 5) is 27.0. The number of nitrogens with zero attached hydrogens (tertiary/aromatic N) is 2. The third kappa shape index (κ3) is 4.32. The van der Waals surface area contributed by atoms with Crippen LogP contribution in [-0.4, -0.2) is 51.4 Å². The maximum absolute atomic E-state index is 12.7. The minimum absolute atomic E-state index is 0.0317. The van der Waals surface area contributed by atoms with E-state index in [0.29, 0.717) is 28.7 Å². The van der Waals surface area contributed by atoms with Crippen molar-refractivity contribution < 1.29 is 22.7 Å². The molecular formula is C19H18N4O5S2. The van der Waals surface area contributed by atoms with E-state index in [4.69, 9.17) is 4.74 Å². The van der Waals surface area contributed by atoms with E-state index in [-0.39, 0.29) is 24.2 Å². The average Bonchev–Trinajstić information content (AvgIpc) is 3.03. The SMILES string of the molecule is COCC(=O)Nc1cccc(NC(=O)c2ccc3c(c2)SC2=NS(=O)(=O)CCN23)c1. The van der Waals surface area contributed by atoms with Gasteiger partial charge in [0.15, 0.2) is 5.17 Å². The summed E-state index contributed by atoms with van der Waals surface area (Å²) >= 11 is 1.23. The van der Waals surface area contributed by atoms with Crippen LogP contribution in [0.3, 0.4) is 0 Å². The molecule has 0 unspecified atom stereocenters. The number of amidine groups is 1. The topological polar surface area (TPSA) is 117 Å². The lowest BCUT2D eigenvalue weighted by Crippen LogP contribution is -2.35. The van der Waals surface area contributed by atoms with Crippen LogP contribution in [0.1, 0.15) is 10.4 Å². The molecule has 2 heterocycles. The van der Waals surface area contributed by atoms with Gasteiger partial charge in [0.05, 0.1) is 11.4 Å². The molecule has 0 bridgehead atoms. The third-order valence-electron chi connectivity index (χ3n) is 4.41. The normalized spacial score (nSPS) is 16.3. The summed E-state index contributed by atoms with van der Waals surface area (Å²) in [7, 11) is -2.00. The lowest BCUT2D eigenvalue weighted by Gasteiger charge is -2.22. The Morgan fingerprint density at radius 3 is 2.70 bits per heavy atom. The van der Waals surface area contributed by atoms with Gasteiger partial charge in [-0.1, -0.05) is 6.07 Å². The molecule has 0 fully saturated rings. The van der Waals surface area contributed by atoms with Crippen LogP contribution in [-0.2, 0) is 19.6 Å². The quantitative estimate of drug-likeness (QED) is 0.723. The molecular weight excluding hydrogens is 428 g/mol. The fourth-order valence-electron chi connectivity index (χ4n) is 3.08. The molecule has 2 aromatic carbocycles. The molecule has 0 spiro atoms. The molecule has 11 heteroatoms. The van der Waals surface area contributed by atoms with Crippen molar-refractivity contribution in [2.75, 3.05) is 41.5 Å². The second kappa shape index (κ2) is 8.09. The van der Waals surface area contributed by atoms with Gasteiger partial charge < -0.3 is 20.3 Å². The van der Waals surface area contributed by atoms with Crippen molar-refractivity contribution in [3.63, 3.8) is 0 Å². The van der Waals surface area contributed by atoms with E-state index < -0.39 is 10.0 Å². The zero-order valence-corrected chi connectivity index (χ0v) is 17.5. The molecule has 0 aromatic heterocycles. The fourth-order valence-corrected chi connectivity index (χ4v) is 5.37. The Balaban J connectivity index is 1.49. The van der Waals surface area contributed by atoms with Crippen molar-refractivity contribution in [2.45, 2.75) is 4.90 Å². The van der Waals surface area contributed by atoms with E-state index in [2.05, 4.69) is 15.0 Å². The summed E-state index contributed by atoms with van der Waals surface area (Å²) in [6, 6.07) is 12.0. The molecule has 9 nitrogen and oxygen atoms in total. The van der Waals surface area contributed by atoms with Crippen molar-refractivity contribution >= 4 is 55.8 Å². The molecule has 0 saturated carbocycles. The molecule has 2 amide bonds. The first kappa shape index (κ1) is 20.4. The first-order valence-electron chi connectivity index (χ1n) is 8.97. The summed E-state index contributed by atoms with van der Waals surface area (Å²) in [6.07, 6.45) is 0. The van der Waals surface area contributed by atoms with Crippen molar-refractivity contribution in [3.05, 3.63) is 48.0 Å². The Morgan fingerprint density at radius 1 is 1.17 bits per heavy atom. The molecule has 2 aromatic rings. The van der Waals surface area contributed by atoms with Crippen LogP contribution < -0.4 is 15.5 Å². The Labute approximate surface area is 177 Å². The van der Waals surface area contributed by atoms with Crippen molar-refractivity contribution in [2.24, 2.45) is 4.40 Å². The van der Waals surface area contributed by atoms with Gasteiger partial charge in [-0.05, 0) is 48.2 Å². The highest BCUT2D eigenvalue weighted by Crippen LogP contribution is 2.42. The average molecular weight is 447 g/mol. The molecule has 0 saturated heterocycles. The Hall–Kier alpha value is -2.89. The lowest BCUT2D eigenvalue weighted by atomic mass is 10.1. The predicted octanol–water partition coefficient (Wildman–Crippen LogP) is 2.14. The van der Waals surface area contributed by atoms with Gasteiger partial charge in [-0.15, -0.1) is 4.40 Å². The van der Waals surface area contributed by atoms with E-state index in [1.807, 2.05) is 4.90 Å². The van der Waals surface area contributed by atoms with Gasteiger partial charge in [-0.3, -0.25) is 9.59 Å². The van der Waals surface area contributed by atoms with Gasteiger partial charge in [0, 0.05) is 35.5 Å². The number of thioether (sulfide) groups is 1. The van der Waals surface area contributed by atoms with Crippen LogP contribution in [0.25, 0.3) is 0 Å². The molecule has 0 radical (unpaired) electrons. The monoisotopic (exact) mass is 446 g/mol. The molecule has 156 valence electrons. The predicted molar refractivity (Wildman–Crippen MR) is 116 cm³/mol. The van der Waals surface area contributed by atoms with E-state index in [0.717, 1.165) is 10.6 Å². The maximum atomic E-state index is 12.7. The second-order valence-electron chi connectivity index (χ2n) is 6.61. The number of fused-ring (bicyclic) bond motifs is 3. The van der Waals surface area contributed by atoms with E-state index in [1.165, 1.54) is 18.9 Å². The fraction of sp³-hybridized carbons (Fsp3) is 0.211. The third-order valence-corrected chi connectivity index (χ3v) is 6.72. The van der Waals surface area contributed by atoms with Crippen LogP contribution in [0.15, 0.2) is 51.8 Å². The molecule has 0 aliphatic carbocycles. The number of rotatable bonds is 5. The van der Waals surface area contributed by atoms with E-state index in [1.54, 1.807) is 42.5 Å². The van der Waals surface area contributed by atoms with Crippen molar-refractivity contribution in [1.82, 2.24) is 0 Å². The van der Waals surface area contributed by atoms with E-state index in [9.17, 15) is 18.0 Å². The number of ether oxygens (including phenoxy) is 1. The van der Waals surface area contributed by atoms with Crippen LogP contribution in [0.2, 0.25) is 0 Å². The first-order valence-corrected chi connectivity index (χ1v) is 11.4. The number of hydrogen-bond acceptors (Lipinski definition) is 7. The number of anilines is 3. The minimum atomic E-state index is -3.43. The second-order valence-corrected chi connectivity index (χ2v) is 9.38. The molecule has 4 rings (SSSR count). The van der Waals surface area contributed by atoms with Crippen LogP contribution in [0.5, 0.6) is 0 Å². The van der Waals surface area contributed by atoms with Gasteiger partial charge in [0.25, 0.3) is 15.9 Å². The van der Waals surface area contributed by atoms with Gasteiger partial charge in [0.1, 0.15) is 6.61 Å². The number of nitrogens with one attached hydrogen (secondary N) is 2. The van der Waals surface area contributed by atoms with Crippen molar-refractivity contribution in [1.29, 1.82) is 0 Å². The molecule has 30 heavy (non-hydrogen) atoms. The van der Waals surface area contributed by atoms with Crippen molar-refractivity contribution in [3.8, 4) is 0 Å². The highest BCUT2D eigenvalue weighted by molar-refractivity contribution is 8.15. The van der Waals surface area contributed by atoms with Crippen LogP contribution in [0.4, 0.5) is 17.1 Å². The molecule has 2 N–H and O–H groups in total. The van der Waals surface area contributed by atoms with E-state index >= 15 is 0 Å². The summed E-state index contributed by atoms with van der Waals surface area (Å²) in [5.74, 6) is -0.646. The first-order chi connectivity index (χ1) is 14.3. The smallest absolute Gasteiger partial charge is 0.257 e. The summed E-state index contributed by atoms with van der Waals surface area (Å²) in [6.45, 7) is 0.279. The number of carbonyl (C=O) groups is 2. The number of amides is 2. The van der Waals surface area contributed by atoms with Gasteiger partial charge in [0.2, 0.25) is 5.91 Å². The Kier molecular flexibility index (Phi) is 5.50. The van der Waals surface area contributed by atoms with Crippen LogP contribution in [0, 0.1) is 0 Å². The Morgan fingerprint density at radius 2 is 1.93 bits per heavy atom.